The Kier molecular flexibility index (Phi) is 3.39. The van der Waals surface area contributed by atoms with Crippen LogP contribution >= 0.6 is 11.6 Å². The highest BCUT2D eigenvalue weighted by molar-refractivity contribution is 6.33. The highest BCUT2D eigenvalue weighted by Gasteiger charge is 2.03. The summed E-state index contributed by atoms with van der Waals surface area (Å²) in [4.78, 5) is 4.03. The van der Waals surface area contributed by atoms with Crippen LogP contribution < -0.4 is 11.1 Å². The molecule has 0 atom stereocenters. The summed E-state index contributed by atoms with van der Waals surface area (Å²) in [5.74, 6) is 0. The summed E-state index contributed by atoms with van der Waals surface area (Å²) in [6, 6.07) is 9.46. The first-order chi connectivity index (χ1) is 7.81. The average Bonchev–Trinajstić information content (AvgIpc) is 2.33. The highest BCUT2D eigenvalue weighted by atomic mass is 35.5. The number of nitrogens with one attached hydrogen (secondary N) is 1. The van der Waals surface area contributed by atoms with Crippen LogP contribution in [0.2, 0.25) is 5.02 Å². The van der Waals surface area contributed by atoms with E-state index in [0.717, 1.165) is 16.9 Å². The first-order valence-corrected chi connectivity index (χ1v) is 5.33. The summed E-state index contributed by atoms with van der Waals surface area (Å²) in [7, 11) is 0. The summed E-state index contributed by atoms with van der Waals surface area (Å²) in [6.07, 6.45) is 3.47. The fourth-order valence-electron chi connectivity index (χ4n) is 1.42. The second-order valence-electron chi connectivity index (χ2n) is 3.34. The van der Waals surface area contributed by atoms with Crippen LogP contribution in [-0.2, 0) is 6.54 Å². The predicted molar refractivity (Wildman–Crippen MR) is 66.9 cm³/mol. The van der Waals surface area contributed by atoms with Crippen LogP contribution in [0.15, 0.2) is 42.7 Å². The van der Waals surface area contributed by atoms with E-state index in [1.807, 2.05) is 30.3 Å². The topological polar surface area (TPSA) is 50.9 Å². The molecule has 4 heteroatoms. The summed E-state index contributed by atoms with van der Waals surface area (Å²) in [5.41, 5.74) is 8.39. The van der Waals surface area contributed by atoms with Crippen molar-refractivity contribution in [2.45, 2.75) is 6.54 Å². The normalized spacial score (nSPS) is 10.1. The van der Waals surface area contributed by atoms with Gasteiger partial charge in [0.05, 0.1) is 10.7 Å². The molecular formula is C12H12ClN3. The molecule has 3 nitrogen and oxygen atoms in total. The van der Waals surface area contributed by atoms with E-state index in [1.54, 1.807) is 12.4 Å². The number of pyridine rings is 1. The van der Waals surface area contributed by atoms with Crippen molar-refractivity contribution in [3.63, 3.8) is 0 Å². The van der Waals surface area contributed by atoms with Crippen LogP contribution in [0, 0.1) is 0 Å². The van der Waals surface area contributed by atoms with Gasteiger partial charge in [0.15, 0.2) is 0 Å². The number of aromatic nitrogens is 1. The fourth-order valence-corrected chi connectivity index (χ4v) is 1.60. The number of nitrogens with zero attached hydrogens (tertiary/aromatic N) is 1. The van der Waals surface area contributed by atoms with Gasteiger partial charge in [-0.05, 0) is 18.2 Å². The minimum atomic E-state index is 0.445. The molecule has 0 fully saturated rings. The van der Waals surface area contributed by atoms with Gasteiger partial charge in [-0.2, -0.15) is 0 Å². The van der Waals surface area contributed by atoms with Gasteiger partial charge in [0.25, 0.3) is 0 Å². The number of benzene rings is 1. The second-order valence-corrected chi connectivity index (χ2v) is 3.75. The third-order valence-electron chi connectivity index (χ3n) is 2.27. The molecule has 16 heavy (non-hydrogen) atoms. The van der Waals surface area contributed by atoms with Gasteiger partial charge in [-0.25, -0.2) is 0 Å². The second kappa shape index (κ2) is 4.96. The standard InChI is InChI=1S/C12H12ClN3/c13-10-3-1-2-4-12(10)16-11-5-6-15-8-9(11)7-14/h1-6,8H,7,14H2,(H,15,16). The molecule has 1 heterocycles. The van der Waals surface area contributed by atoms with Gasteiger partial charge in [-0.3, -0.25) is 4.98 Å². The Morgan fingerprint density at radius 2 is 2.00 bits per heavy atom. The van der Waals surface area contributed by atoms with Crippen LogP contribution in [0.1, 0.15) is 5.56 Å². The zero-order chi connectivity index (χ0) is 11.4. The van der Waals surface area contributed by atoms with Gasteiger partial charge < -0.3 is 11.1 Å². The molecule has 0 radical (unpaired) electrons. The molecule has 0 bridgehead atoms. The lowest BCUT2D eigenvalue weighted by Crippen LogP contribution is -2.02. The number of nitrogens with two attached hydrogens (primary N) is 1. The summed E-state index contributed by atoms with van der Waals surface area (Å²) < 4.78 is 0. The summed E-state index contributed by atoms with van der Waals surface area (Å²) >= 11 is 6.06. The number of hydrogen-bond donors (Lipinski definition) is 2. The molecule has 82 valence electrons. The number of para-hydroxylation sites is 1. The molecular weight excluding hydrogens is 222 g/mol. The zero-order valence-electron chi connectivity index (χ0n) is 8.65. The molecule has 0 saturated heterocycles. The molecule has 0 amide bonds. The Morgan fingerprint density at radius 3 is 2.75 bits per heavy atom. The summed E-state index contributed by atoms with van der Waals surface area (Å²) in [6.45, 7) is 0.445. The largest absolute Gasteiger partial charge is 0.354 e. The number of rotatable bonds is 3. The molecule has 0 spiro atoms. The van der Waals surface area contributed by atoms with E-state index in [0.29, 0.717) is 11.6 Å². The Balaban J connectivity index is 2.30. The van der Waals surface area contributed by atoms with Gasteiger partial charge in [0, 0.05) is 30.2 Å². The Hall–Kier alpha value is -1.58. The van der Waals surface area contributed by atoms with E-state index in [2.05, 4.69) is 10.3 Å². The van der Waals surface area contributed by atoms with E-state index in [-0.39, 0.29) is 0 Å². The van der Waals surface area contributed by atoms with E-state index in [9.17, 15) is 0 Å². The maximum Gasteiger partial charge on any atom is 0.0640 e. The van der Waals surface area contributed by atoms with E-state index >= 15 is 0 Å². The molecule has 0 saturated carbocycles. The number of anilines is 2. The lowest BCUT2D eigenvalue weighted by atomic mass is 10.2. The molecule has 0 aliphatic carbocycles. The average molecular weight is 234 g/mol. The molecule has 2 rings (SSSR count). The maximum atomic E-state index is 6.06. The van der Waals surface area contributed by atoms with E-state index in [1.165, 1.54) is 0 Å². The van der Waals surface area contributed by atoms with Crippen LogP contribution in [0.4, 0.5) is 11.4 Å². The van der Waals surface area contributed by atoms with Crippen LogP contribution in [0.5, 0.6) is 0 Å². The number of halogens is 1. The predicted octanol–water partition coefficient (Wildman–Crippen LogP) is 2.94. The van der Waals surface area contributed by atoms with Gasteiger partial charge in [-0.15, -0.1) is 0 Å². The van der Waals surface area contributed by atoms with Crippen molar-refractivity contribution in [1.82, 2.24) is 4.98 Å². The smallest absolute Gasteiger partial charge is 0.0640 e. The summed E-state index contributed by atoms with van der Waals surface area (Å²) in [5, 5.41) is 3.92. The molecule has 1 aromatic carbocycles. The third-order valence-corrected chi connectivity index (χ3v) is 2.60. The minimum Gasteiger partial charge on any atom is -0.354 e. The molecule has 0 aliphatic rings. The molecule has 0 aliphatic heterocycles. The van der Waals surface area contributed by atoms with Gasteiger partial charge in [0.2, 0.25) is 0 Å². The van der Waals surface area contributed by atoms with Crippen LogP contribution in [-0.4, -0.2) is 4.98 Å². The van der Waals surface area contributed by atoms with Crippen molar-refractivity contribution in [3.8, 4) is 0 Å². The molecule has 3 N–H and O–H groups in total. The van der Waals surface area contributed by atoms with Gasteiger partial charge in [0.1, 0.15) is 0 Å². The monoisotopic (exact) mass is 233 g/mol. The lowest BCUT2D eigenvalue weighted by molar-refractivity contribution is 1.05. The molecule has 1 aromatic heterocycles. The van der Waals surface area contributed by atoms with Crippen molar-refractivity contribution in [2.24, 2.45) is 5.73 Å². The molecule has 2 aromatic rings. The van der Waals surface area contributed by atoms with Crippen molar-refractivity contribution in [1.29, 1.82) is 0 Å². The van der Waals surface area contributed by atoms with E-state index < -0.39 is 0 Å². The first kappa shape index (κ1) is 10.9. The van der Waals surface area contributed by atoms with Crippen LogP contribution in [0.25, 0.3) is 0 Å². The van der Waals surface area contributed by atoms with Crippen molar-refractivity contribution in [3.05, 3.63) is 53.3 Å². The lowest BCUT2D eigenvalue weighted by Gasteiger charge is -2.11. The third kappa shape index (κ3) is 2.32. The Bertz CT molecular complexity index is 485. The SMILES string of the molecule is NCc1cnccc1Nc1ccccc1Cl. The quantitative estimate of drug-likeness (QED) is 0.857. The van der Waals surface area contributed by atoms with Crippen molar-refractivity contribution in [2.75, 3.05) is 5.32 Å². The number of hydrogen-bond acceptors (Lipinski definition) is 3. The highest BCUT2D eigenvalue weighted by Crippen LogP contribution is 2.26. The van der Waals surface area contributed by atoms with Crippen molar-refractivity contribution >= 4 is 23.0 Å². The van der Waals surface area contributed by atoms with Gasteiger partial charge in [-0.1, -0.05) is 23.7 Å². The maximum absolute atomic E-state index is 6.06. The molecule has 0 unspecified atom stereocenters. The zero-order valence-corrected chi connectivity index (χ0v) is 9.41. The first-order valence-electron chi connectivity index (χ1n) is 4.96. The Labute approximate surface area is 99.3 Å². The van der Waals surface area contributed by atoms with Crippen LogP contribution in [0.3, 0.4) is 0 Å². The fraction of sp³-hybridized carbons (Fsp3) is 0.0833. The van der Waals surface area contributed by atoms with E-state index in [4.69, 9.17) is 17.3 Å². The Morgan fingerprint density at radius 1 is 1.19 bits per heavy atom. The van der Waals surface area contributed by atoms with Crippen molar-refractivity contribution < 1.29 is 0 Å². The minimum absolute atomic E-state index is 0.445. The van der Waals surface area contributed by atoms with Gasteiger partial charge >= 0.3 is 0 Å².